The van der Waals surface area contributed by atoms with Crippen LogP contribution in [0.3, 0.4) is 0 Å². The smallest absolute Gasteiger partial charge is 0.329 e. The molecule has 3 rings (SSSR count). The van der Waals surface area contributed by atoms with Gasteiger partial charge in [-0.25, -0.2) is 9.82 Å². The van der Waals surface area contributed by atoms with Crippen molar-refractivity contribution >= 4 is 39.6 Å². The molecule has 0 saturated heterocycles. The largest absolute Gasteiger partial charge is 0.497 e. The van der Waals surface area contributed by atoms with Gasteiger partial charge in [0.15, 0.2) is 11.5 Å². The zero-order chi connectivity index (χ0) is 25.2. The van der Waals surface area contributed by atoms with Gasteiger partial charge in [-0.2, -0.15) is 5.10 Å². The van der Waals surface area contributed by atoms with Gasteiger partial charge in [-0.1, -0.05) is 12.1 Å². The molecule has 3 aromatic rings. The zero-order valence-corrected chi connectivity index (χ0v) is 20.6. The topological polar surface area (TPSA) is 98.2 Å². The van der Waals surface area contributed by atoms with Crippen molar-refractivity contribution in [1.82, 2.24) is 5.43 Å². The van der Waals surface area contributed by atoms with Crippen molar-refractivity contribution in [3.63, 3.8) is 0 Å². The molecule has 0 aliphatic heterocycles. The molecule has 0 aliphatic carbocycles. The van der Waals surface area contributed by atoms with E-state index in [0.717, 1.165) is 5.56 Å². The van der Waals surface area contributed by atoms with E-state index in [4.69, 9.17) is 14.2 Å². The van der Waals surface area contributed by atoms with Gasteiger partial charge in [0.05, 0.1) is 24.4 Å². The average Bonchev–Trinajstić information content (AvgIpc) is 2.85. The fourth-order valence-electron chi connectivity index (χ4n) is 2.88. The van der Waals surface area contributed by atoms with Gasteiger partial charge in [0.1, 0.15) is 18.2 Å². The Morgan fingerprint density at radius 1 is 1.03 bits per heavy atom. The van der Waals surface area contributed by atoms with Crippen LogP contribution in [0.1, 0.15) is 18.1 Å². The number of rotatable bonds is 9. The van der Waals surface area contributed by atoms with Crippen LogP contribution in [0.2, 0.25) is 0 Å². The van der Waals surface area contributed by atoms with Gasteiger partial charge in [-0.3, -0.25) is 9.59 Å². The summed E-state index contributed by atoms with van der Waals surface area (Å²) in [5.41, 5.74) is 4.01. The molecular formula is C25H23BrFN3O5. The minimum atomic E-state index is -0.930. The number of anilines is 1. The number of benzene rings is 3. The van der Waals surface area contributed by atoms with Crippen LogP contribution in [-0.2, 0) is 16.2 Å². The number of ether oxygens (including phenoxy) is 3. The highest BCUT2D eigenvalue weighted by molar-refractivity contribution is 9.10. The first kappa shape index (κ1) is 25.7. The van der Waals surface area contributed by atoms with Gasteiger partial charge < -0.3 is 19.5 Å². The van der Waals surface area contributed by atoms with Crippen LogP contribution in [0.15, 0.2) is 70.2 Å². The summed E-state index contributed by atoms with van der Waals surface area (Å²) in [5, 5.41) is 6.32. The van der Waals surface area contributed by atoms with Crippen molar-refractivity contribution in [2.45, 2.75) is 13.5 Å². The molecule has 0 radical (unpaired) electrons. The molecule has 2 amide bonds. The maximum Gasteiger partial charge on any atom is 0.329 e. The Bertz CT molecular complexity index is 1200. The number of nitrogens with zero attached hydrogens (tertiary/aromatic N) is 1. The summed E-state index contributed by atoms with van der Waals surface area (Å²) >= 11 is 3.46. The summed E-state index contributed by atoms with van der Waals surface area (Å²) in [6, 6.07) is 15.9. The quantitative estimate of drug-likeness (QED) is 0.232. The second kappa shape index (κ2) is 12.5. The van der Waals surface area contributed by atoms with Gasteiger partial charge in [-0.05, 0) is 82.5 Å². The van der Waals surface area contributed by atoms with E-state index in [1.165, 1.54) is 25.5 Å². The molecule has 10 heteroatoms. The number of halogens is 2. The molecule has 2 N–H and O–H groups in total. The Morgan fingerprint density at radius 2 is 1.74 bits per heavy atom. The van der Waals surface area contributed by atoms with Crippen molar-refractivity contribution in [1.29, 1.82) is 0 Å². The number of methoxy groups -OCH3 is 1. The van der Waals surface area contributed by atoms with Crippen LogP contribution in [0.4, 0.5) is 10.1 Å². The molecule has 35 heavy (non-hydrogen) atoms. The van der Waals surface area contributed by atoms with E-state index in [2.05, 4.69) is 31.8 Å². The minimum Gasteiger partial charge on any atom is -0.497 e. The van der Waals surface area contributed by atoms with E-state index in [9.17, 15) is 14.0 Å². The zero-order valence-electron chi connectivity index (χ0n) is 19.0. The second-order valence-corrected chi connectivity index (χ2v) is 7.91. The highest BCUT2D eigenvalue weighted by Crippen LogP contribution is 2.37. The molecule has 0 aromatic heterocycles. The molecule has 0 heterocycles. The molecule has 0 fully saturated rings. The van der Waals surface area contributed by atoms with Crippen LogP contribution in [0.5, 0.6) is 17.2 Å². The van der Waals surface area contributed by atoms with Gasteiger partial charge in [0, 0.05) is 5.69 Å². The first-order chi connectivity index (χ1) is 16.9. The Balaban J connectivity index is 1.62. The Kier molecular flexibility index (Phi) is 9.19. The first-order valence-corrected chi connectivity index (χ1v) is 11.3. The number of hydrogen-bond acceptors (Lipinski definition) is 6. The van der Waals surface area contributed by atoms with E-state index < -0.39 is 11.8 Å². The maximum absolute atomic E-state index is 13.1. The Labute approximate surface area is 210 Å². The summed E-state index contributed by atoms with van der Waals surface area (Å²) in [6.45, 7) is 2.44. The summed E-state index contributed by atoms with van der Waals surface area (Å²) in [4.78, 5) is 24.1. The van der Waals surface area contributed by atoms with Crippen molar-refractivity contribution in [3.8, 4) is 17.2 Å². The van der Waals surface area contributed by atoms with Gasteiger partial charge in [-0.15, -0.1) is 0 Å². The molecule has 0 aliphatic rings. The summed E-state index contributed by atoms with van der Waals surface area (Å²) in [7, 11) is 1.53. The molecule has 0 atom stereocenters. The van der Waals surface area contributed by atoms with Gasteiger partial charge >= 0.3 is 11.8 Å². The number of hydrogen-bond donors (Lipinski definition) is 2. The lowest BCUT2D eigenvalue weighted by molar-refractivity contribution is -0.136. The summed E-state index contributed by atoms with van der Waals surface area (Å²) < 4.78 is 30.3. The van der Waals surface area contributed by atoms with Crippen LogP contribution < -0.4 is 25.0 Å². The van der Waals surface area contributed by atoms with Crippen LogP contribution in [0, 0.1) is 5.82 Å². The predicted molar refractivity (Wildman–Crippen MR) is 133 cm³/mol. The molecule has 0 saturated carbocycles. The highest BCUT2D eigenvalue weighted by atomic mass is 79.9. The highest BCUT2D eigenvalue weighted by Gasteiger charge is 2.14. The Morgan fingerprint density at radius 3 is 2.40 bits per heavy atom. The van der Waals surface area contributed by atoms with E-state index in [1.54, 1.807) is 48.5 Å². The number of carbonyl (C=O) groups is 2. The predicted octanol–water partition coefficient (Wildman–Crippen LogP) is 4.66. The molecule has 0 bridgehead atoms. The van der Waals surface area contributed by atoms with Crippen LogP contribution in [0.25, 0.3) is 0 Å². The standard InChI is InChI=1S/C25H23BrFN3O5/c1-3-34-22-13-17(12-21(26)23(22)35-15-16-4-6-18(27)7-5-16)14-28-30-25(32)24(31)29-19-8-10-20(33-2)11-9-19/h4-14H,3,15H2,1-2H3,(H,29,31)(H,30,32)/b28-14+. The Hall–Kier alpha value is -3.92. The fraction of sp³-hybridized carbons (Fsp3) is 0.160. The molecule has 3 aromatic carbocycles. The minimum absolute atomic E-state index is 0.214. The number of hydrazone groups is 1. The van der Waals surface area contributed by atoms with Crippen molar-refractivity contribution in [2.75, 3.05) is 19.0 Å². The van der Waals surface area contributed by atoms with E-state index in [-0.39, 0.29) is 12.4 Å². The lowest BCUT2D eigenvalue weighted by atomic mass is 10.2. The normalized spacial score (nSPS) is 10.6. The number of nitrogens with one attached hydrogen (secondary N) is 2. The summed E-state index contributed by atoms with van der Waals surface area (Å²) in [5.74, 6) is -0.570. The second-order valence-electron chi connectivity index (χ2n) is 7.06. The lowest BCUT2D eigenvalue weighted by Crippen LogP contribution is -2.32. The third-order valence-corrected chi connectivity index (χ3v) is 5.15. The van der Waals surface area contributed by atoms with E-state index in [1.807, 2.05) is 6.92 Å². The molecule has 8 nitrogen and oxygen atoms in total. The van der Waals surface area contributed by atoms with Crippen molar-refractivity contribution in [2.24, 2.45) is 5.10 Å². The molecule has 0 spiro atoms. The van der Waals surface area contributed by atoms with E-state index >= 15 is 0 Å². The third-order valence-electron chi connectivity index (χ3n) is 4.56. The van der Waals surface area contributed by atoms with E-state index in [0.29, 0.717) is 39.6 Å². The molecule has 182 valence electrons. The van der Waals surface area contributed by atoms with Gasteiger partial charge in [0.2, 0.25) is 0 Å². The maximum atomic E-state index is 13.1. The monoisotopic (exact) mass is 543 g/mol. The van der Waals surface area contributed by atoms with Gasteiger partial charge in [0.25, 0.3) is 0 Å². The van der Waals surface area contributed by atoms with Crippen molar-refractivity contribution in [3.05, 3.63) is 82.1 Å². The fourth-order valence-corrected chi connectivity index (χ4v) is 3.45. The van der Waals surface area contributed by atoms with Crippen LogP contribution >= 0.6 is 15.9 Å². The average molecular weight is 544 g/mol. The molecular weight excluding hydrogens is 521 g/mol. The number of amides is 2. The number of carbonyl (C=O) groups excluding carboxylic acids is 2. The lowest BCUT2D eigenvalue weighted by Gasteiger charge is -2.14. The SMILES string of the molecule is CCOc1cc(/C=N/NC(=O)C(=O)Nc2ccc(OC)cc2)cc(Br)c1OCc1ccc(F)cc1. The molecule has 0 unspecified atom stereocenters. The van der Waals surface area contributed by atoms with Crippen molar-refractivity contribution < 1.29 is 28.2 Å². The third kappa shape index (κ3) is 7.54. The van der Waals surface area contributed by atoms with Crippen LogP contribution in [-0.4, -0.2) is 31.7 Å². The summed E-state index contributed by atoms with van der Waals surface area (Å²) in [6.07, 6.45) is 1.37. The first-order valence-electron chi connectivity index (χ1n) is 10.5.